The molecule has 0 aliphatic heterocycles. The molecule has 0 atom stereocenters. The highest BCUT2D eigenvalue weighted by Crippen LogP contribution is 2.17. The zero-order chi connectivity index (χ0) is 21.3. The van der Waals surface area contributed by atoms with Crippen molar-refractivity contribution in [2.24, 2.45) is 0 Å². The molecule has 4 aromatic rings. The van der Waals surface area contributed by atoms with E-state index in [2.05, 4.69) is 4.98 Å². The van der Waals surface area contributed by atoms with E-state index in [9.17, 15) is 14.0 Å². The van der Waals surface area contributed by atoms with Crippen molar-refractivity contribution in [2.45, 2.75) is 20.0 Å². The molecule has 0 saturated carbocycles. The van der Waals surface area contributed by atoms with Gasteiger partial charge in [0.25, 0.3) is 5.56 Å². The van der Waals surface area contributed by atoms with Crippen LogP contribution in [0.15, 0.2) is 64.4 Å². The van der Waals surface area contributed by atoms with Gasteiger partial charge in [0.15, 0.2) is 11.2 Å². The highest BCUT2D eigenvalue weighted by atomic mass is 19.1. The Kier molecular flexibility index (Phi) is 5.33. The molecule has 4 rings (SSSR count). The number of para-hydroxylation sites is 1. The van der Waals surface area contributed by atoms with Crippen molar-refractivity contribution in [1.82, 2.24) is 18.7 Å². The first kappa shape index (κ1) is 19.8. The molecule has 0 bridgehead atoms. The van der Waals surface area contributed by atoms with Crippen LogP contribution in [0.3, 0.4) is 0 Å². The van der Waals surface area contributed by atoms with Crippen LogP contribution in [0.5, 0.6) is 0 Å². The van der Waals surface area contributed by atoms with E-state index in [1.54, 1.807) is 16.7 Å². The Balaban J connectivity index is 1.98. The zero-order valence-electron chi connectivity index (χ0n) is 16.7. The smallest absolute Gasteiger partial charge is 0.337 e. The number of benzene rings is 2. The number of imidazole rings is 1. The number of hydrogen-bond donors (Lipinski definition) is 0. The second-order valence-corrected chi connectivity index (χ2v) is 7.03. The summed E-state index contributed by atoms with van der Waals surface area (Å²) in [6.45, 7) is 2.56. The third kappa shape index (κ3) is 3.46. The number of aryl methyl sites for hydroxylation is 1. The normalized spacial score (nSPS) is 11.3. The molecule has 30 heavy (non-hydrogen) atoms. The Hall–Kier alpha value is -3.52. The van der Waals surface area contributed by atoms with E-state index < -0.39 is 11.2 Å². The molecule has 0 spiro atoms. The van der Waals surface area contributed by atoms with Gasteiger partial charge in [0.2, 0.25) is 0 Å². The molecule has 2 aromatic carbocycles. The largest absolute Gasteiger partial charge is 0.383 e. The third-order valence-electron chi connectivity index (χ3n) is 5.04. The Morgan fingerprint density at radius 3 is 2.50 bits per heavy atom. The molecule has 2 heterocycles. The van der Waals surface area contributed by atoms with Gasteiger partial charge in [-0.05, 0) is 36.2 Å². The van der Waals surface area contributed by atoms with Gasteiger partial charge in [-0.2, -0.15) is 0 Å². The molecule has 7 nitrogen and oxygen atoms in total. The van der Waals surface area contributed by atoms with Crippen LogP contribution in [-0.4, -0.2) is 32.4 Å². The minimum atomic E-state index is -0.467. The maximum absolute atomic E-state index is 13.3. The van der Waals surface area contributed by atoms with Crippen LogP contribution >= 0.6 is 0 Å². The van der Waals surface area contributed by atoms with E-state index in [4.69, 9.17) is 4.74 Å². The summed E-state index contributed by atoms with van der Waals surface area (Å²) in [7, 11) is 1.52. The molecular weight excluding hydrogens is 387 g/mol. The van der Waals surface area contributed by atoms with Crippen LogP contribution in [0, 0.1) is 12.7 Å². The fourth-order valence-electron chi connectivity index (χ4n) is 3.50. The standard InChI is InChI=1S/C22H21FN4O3/c1-15-5-3-4-6-18(15)27-20-19(21(28)26(22(27)29)11-12-30-2)25(14-24-20)13-16-7-9-17(23)10-8-16/h3-10,14H,11-13H2,1-2H3. The maximum Gasteiger partial charge on any atom is 0.337 e. The van der Waals surface area contributed by atoms with Crippen LogP contribution in [0.1, 0.15) is 11.1 Å². The molecule has 0 aliphatic rings. The number of rotatable bonds is 6. The Morgan fingerprint density at radius 1 is 1.07 bits per heavy atom. The fourth-order valence-corrected chi connectivity index (χ4v) is 3.50. The monoisotopic (exact) mass is 408 g/mol. The first-order valence-corrected chi connectivity index (χ1v) is 9.51. The average Bonchev–Trinajstić information content (AvgIpc) is 3.14. The van der Waals surface area contributed by atoms with Crippen LogP contribution in [-0.2, 0) is 17.8 Å². The van der Waals surface area contributed by atoms with Crippen molar-refractivity contribution in [3.8, 4) is 5.69 Å². The average molecular weight is 408 g/mol. The molecule has 0 N–H and O–H groups in total. The summed E-state index contributed by atoms with van der Waals surface area (Å²) in [4.78, 5) is 30.9. The summed E-state index contributed by atoms with van der Waals surface area (Å²) in [5.41, 5.74) is 2.04. The number of nitrogens with zero attached hydrogens (tertiary/aromatic N) is 4. The second kappa shape index (κ2) is 8.08. The molecule has 0 unspecified atom stereocenters. The van der Waals surface area contributed by atoms with Gasteiger partial charge < -0.3 is 9.30 Å². The van der Waals surface area contributed by atoms with Gasteiger partial charge in [0.05, 0.1) is 25.2 Å². The maximum atomic E-state index is 13.3. The Labute approximate surface area is 171 Å². The summed E-state index contributed by atoms with van der Waals surface area (Å²) < 4.78 is 22.7. The number of methoxy groups -OCH3 is 1. The molecule has 0 amide bonds. The predicted molar refractivity (Wildman–Crippen MR) is 112 cm³/mol. The molecule has 8 heteroatoms. The molecule has 2 aromatic heterocycles. The summed E-state index contributed by atoms with van der Waals surface area (Å²) >= 11 is 0. The van der Waals surface area contributed by atoms with Crippen LogP contribution < -0.4 is 11.2 Å². The third-order valence-corrected chi connectivity index (χ3v) is 5.04. The lowest BCUT2D eigenvalue weighted by molar-refractivity contribution is 0.184. The van der Waals surface area contributed by atoms with Gasteiger partial charge in [-0.3, -0.25) is 9.36 Å². The number of ether oxygens (including phenoxy) is 1. The Morgan fingerprint density at radius 2 is 1.80 bits per heavy atom. The first-order chi connectivity index (χ1) is 14.5. The van der Waals surface area contributed by atoms with E-state index in [1.807, 2.05) is 31.2 Å². The van der Waals surface area contributed by atoms with E-state index in [0.29, 0.717) is 17.7 Å². The minimum Gasteiger partial charge on any atom is -0.383 e. The van der Waals surface area contributed by atoms with Gasteiger partial charge >= 0.3 is 5.69 Å². The quantitative estimate of drug-likeness (QED) is 0.492. The molecule has 0 radical (unpaired) electrons. The van der Waals surface area contributed by atoms with Crippen LogP contribution in [0.25, 0.3) is 16.9 Å². The second-order valence-electron chi connectivity index (χ2n) is 7.03. The topological polar surface area (TPSA) is 71.1 Å². The predicted octanol–water partition coefficient (Wildman–Crippen LogP) is 2.49. The van der Waals surface area contributed by atoms with E-state index in [1.165, 1.54) is 34.7 Å². The van der Waals surface area contributed by atoms with Gasteiger partial charge in [-0.15, -0.1) is 0 Å². The highest BCUT2D eigenvalue weighted by molar-refractivity contribution is 5.73. The van der Waals surface area contributed by atoms with E-state index in [-0.39, 0.29) is 24.6 Å². The Bertz CT molecular complexity index is 1320. The fraction of sp³-hybridized carbons (Fsp3) is 0.227. The highest BCUT2D eigenvalue weighted by Gasteiger charge is 2.20. The van der Waals surface area contributed by atoms with Gasteiger partial charge in [-0.25, -0.2) is 18.7 Å². The van der Waals surface area contributed by atoms with Crippen molar-refractivity contribution in [1.29, 1.82) is 0 Å². The molecule has 0 aliphatic carbocycles. The summed E-state index contributed by atoms with van der Waals surface area (Å²) in [5.74, 6) is -0.329. The molecule has 0 fully saturated rings. The van der Waals surface area contributed by atoms with Gasteiger partial charge in [0.1, 0.15) is 5.82 Å². The van der Waals surface area contributed by atoms with Crippen molar-refractivity contribution in [2.75, 3.05) is 13.7 Å². The molecule has 154 valence electrons. The van der Waals surface area contributed by atoms with Crippen LogP contribution in [0.4, 0.5) is 4.39 Å². The molecular formula is C22H21FN4O3. The lowest BCUT2D eigenvalue weighted by Gasteiger charge is -2.14. The zero-order valence-corrected chi connectivity index (χ0v) is 16.7. The lowest BCUT2D eigenvalue weighted by atomic mass is 10.2. The number of fused-ring (bicyclic) bond motifs is 1. The summed E-state index contributed by atoms with van der Waals surface area (Å²) in [5, 5.41) is 0. The van der Waals surface area contributed by atoms with Crippen LogP contribution in [0.2, 0.25) is 0 Å². The van der Waals surface area contributed by atoms with Crippen molar-refractivity contribution < 1.29 is 9.13 Å². The summed E-state index contributed by atoms with van der Waals surface area (Å²) in [6, 6.07) is 13.5. The van der Waals surface area contributed by atoms with E-state index >= 15 is 0 Å². The first-order valence-electron chi connectivity index (χ1n) is 9.51. The van der Waals surface area contributed by atoms with Crippen molar-refractivity contribution in [3.63, 3.8) is 0 Å². The SMILES string of the molecule is COCCn1c(=O)c2c(ncn2Cc2ccc(F)cc2)n(-c2ccccc2C)c1=O. The minimum absolute atomic E-state index is 0.123. The van der Waals surface area contributed by atoms with Gasteiger partial charge in [0, 0.05) is 13.7 Å². The molecule has 0 saturated heterocycles. The number of hydrogen-bond acceptors (Lipinski definition) is 4. The van der Waals surface area contributed by atoms with Crippen molar-refractivity contribution in [3.05, 3.63) is 92.6 Å². The van der Waals surface area contributed by atoms with Gasteiger partial charge in [-0.1, -0.05) is 30.3 Å². The van der Waals surface area contributed by atoms with E-state index in [0.717, 1.165) is 11.1 Å². The van der Waals surface area contributed by atoms with Crippen molar-refractivity contribution >= 4 is 11.2 Å². The number of halogens is 1. The number of aromatic nitrogens is 4. The summed E-state index contributed by atoms with van der Waals surface area (Å²) in [6.07, 6.45) is 1.53. The lowest BCUT2D eigenvalue weighted by Crippen LogP contribution is -2.41.